The van der Waals surface area contributed by atoms with E-state index in [-0.39, 0.29) is 5.91 Å². The molecule has 1 aromatic rings. The molecule has 1 aromatic heterocycles. The van der Waals surface area contributed by atoms with Crippen LogP contribution in [0, 0.1) is 5.92 Å². The molecule has 0 atom stereocenters. The van der Waals surface area contributed by atoms with E-state index in [1.54, 1.807) is 11.8 Å². The number of nitrogens with one attached hydrogen (secondary N) is 1. The zero-order valence-electron chi connectivity index (χ0n) is 15.2. The summed E-state index contributed by atoms with van der Waals surface area (Å²) >= 11 is 1.62. The number of hydrogen-bond donors (Lipinski definition) is 2. The Kier molecular flexibility index (Phi) is 7.10. The molecule has 0 saturated heterocycles. The molecule has 0 spiro atoms. The summed E-state index contributed by atoms with van der Waals surface area (Å²) < 4.78 is 2.20. The smallest absolute Gasteiger partial charge is 0.240 e. The van der Waals surface area contributed by atoms with Crippen molar-refractivity contribution < 1.29 is 4.79 Å². The first kappa shape index (κ1) is 19.2. The van der Waals surface area contributed by atoms with Gasteiger partial charge in [-0.05, 0) is 31.4 Å². The lowest BCUT2D eigenvalue weighted by Gasteiger charge is -2.31. The van der Waals surface area contributed by atoms with Crippen molar-refractivity contribution in [3.63, 3.8) is 0 Å². The quantitative estimate of drug-likeness (QED) is 0.553. The lowest BCUT2D eigenvalue weighted by Crippen LogP contribution is -2.55. The van der Waals surface area contributed by atoms with Crippen molar-refractivity contribution in [1.82, 2.24) is 20.1 Å². The van der Waals surface area contributed by atoms with Crippen LogP contribution in [0.25, 0.3) is 0 Å². The van der Waals surface area contributed by atoms with E-state index >= 15 is 0 Å². The number of carbonyl (C=O) groups is 1. The Morgan fingerprint density at radius 2 is 2.04 bits per heavy atom. The van der Waals surface area contributed by atoms with Gasteiger partial charge in [-0.1, -0.05) is 44.9 Å². The molecule has 3 N–H and O–H groups in total. The molecular formula is C17H31N5OS. The molecule has 1 aliphatic rings. The Labute approximate surface area is 149 Å². The van der Waals surface area contributed by atoms with Crippen molar-refractivity contribution in [3.05, 3.63) is 5.82 Å². The second kappa shape index (κ2) is 8.85. The summed E-state index contributed by atoms with van der Waals surface area (Å²) in [5.74, 6) is 1.56. The number of aryl methyl sites for hydroxylation is 1. The van der Waals surface area contributed by atoms with Crippen LogP contribution in [0.3, 0.4) is 0 Å². The van der Waals surface area contributed by atoms with E-state index in [2.05, 4.69) is 33.9 Å². The summed E-state index contributed by atoms with van der Waals surface area (Å²) in [7, 11) is 0. The van der Waals surface area contributed by atoms with Gasteiger partial charge in [0.15, 0.2) is 5.16 Å². The molecule has 2 rings (SSSR count). The first-order chi connectivity index (χ1) is 11.5. The highest BCUT2D eigenvalue weighted by atomic mass is 32.2. The number of amides is 1. The van der Waals surface area contributed by atoms with Crippen molar-refractivity contribution >= 4 is 17.7 Å². The van der Waals surface area contributed by atoms with Gasteiger partial charge in [0.1, 0.15) is 5.82 Å². The molecule has 1 aliphatic carbocycles. The lowest BCUT2D eigenvalue weighted by molar-refractivity contribution is -0.127. The maximum absolute atomic E-state index is 12.3. The van der Waals surface area contributed by atoms with Gasteiger partial charge in [0.05, 0.1) is 5.54 Å². The molecule has 0 aliphatic heterocycles. The third kappa shape index (κ3) is 4.96. The van der Waals surface area contributed by atoms with Crippen LogP contribution in [-0.2, 0) is 17.8 Å². The van der Waals surface area contributed by atoms with Crippen molar-refractivity contribution in [2.24, 2.45) is 11.7 Å². The monoisotopic (exact) mass is 353 g/mol. The lowest BCUT2D eigenvalue weighted by atomic mass is 9.82. The Morgan fingerprint density at radius 3 is 2.67 bits per heavy atom. The first-order valence-electron chi connectivity index (χ1n) is 8.99. The van der Waals surface area contributed by atoms with Gasteiger partial charge in [-0.15, -0.1) is 10.2 Å². The molecule has 1 heterocycles. The summed E-state index contributed by atoms with van der Waals surface area (Å²) in [5, 5.41) is 12.6. The fourth-order valence-corrected chi connectivity index (χ4v) is 3.76. The van der Waals surface area contributed by atoms with Gasteiger partial charge >= 0.3 is 0 Å². The molecule has 0 radical (unpaired) electrons. The zero-order valence-corrected chi connectivity index (χ0v) is 16.0. The standard InChI is InChI=1S/C17H31N5OS/c1-13(2)12-22-14(20-21-16(22)24-3)8-7-11-19-15(23)17(18)9-5-4-6-10-17/h13H,4-12,18H2,1-3H3,(H,19,23). The molecule has 24 heavy (non-hydrogen) atoms. The molecule has 1 saturated carbocycles. The van der Waals surface area contributed by atoms with Gasteiger partial charge in [0, 0.05) is 19.5 Å². The summed E-state index contributed by atoms with van der Waals surface area (Å²) in [5.41, 5.74) is 5.60. The summed E-state index contributed by atoms with van der Waals surface area (Å²) in [6.45, 7) is 5.95. The predicted molar refractivity (Wildman–Crippen MR) is 98.0 cm³/mol. The van der Waals surface area contributed by atoms with E-state index in [1.165, 1.54) is 6.42 Å². The molecule has 0 unspecified atom stereocenters. The van der Waals surface area contributed by atoms with Crippen LogP contribution in [0.2, 0.25) is 0 Å². The molecule has 0 bridgehead atoms. The summed E-state index contributed by atoms with van der Waals surface area (Å²) in [6, 6.07) is 0. The van der Waals surface area contributed by atoms with Gasteiger partial charge in [0.25, 0.3) is 0 Å². The molecule has 136 valence electrons. The normalized spacial score (nSPS) is 17.2. The van der Waals surface area contributed by atoms with E-state index < -0.39 is 5.54 Å². The number of rotatable bonds is 8. The summed E-state index contributed by atoms with van der Waals surface area (Å²) in [6.07, 6.45) is 8.60. The average molecular weight is 354 g/mol. The third-order valence-corrected chi connectivity index (χ3v) is 5.25. The van der Waals surface area contributed by atoms with Crippen LogP contribution in [0.4, 0.5) is 0 Å². The summed E-state index contributed by atoms with van der Waals surface area (Å²) in [4.78, 5) is 12.3. The predicted octanol–water partition coefficient (Wildman–Crippen LogP) is 2.37. The largest absolute Gasteiger partial charge is 0.354 e. The highest BCUT2D eigenvalue weighted by Crippen LogP contribution is 2.26. The molecule has 0 aromatic carbocycles. The van der Waals surface area contributed by atoms with Crippen LogP contribution in [0.15, 0.2) is 5.16 Å². The number of aromatic nitrogens is 3. The van der Waals surface area contributed by atoms with Gasteiger partial charge in [-0.25, -0.2) is 0 Å². The van der Waals surface area contributed by atoms with Gasteiger partial charge in [-0.2, -0.15) is 0 Å². The minimum Gasteiger partial charge on any atom is -0.354 e. The molecule has 7 heteroatoms. The van der Waals surface area contributed by atoms with Crippen LogP contribution in [0.5, 0.6) is 0 Å². The number of hydrogen-bond acceptors (Lipinski definition) is 5. The first-order valence-corrected chi connectivity index (χ1v) is 10.2. The molecule has 6 nitrogen and oxygen atoms in total. The van der Waals surface area contributed by atoms with Crippen LogP contribution in [-0.4, -0.2) is 39.0 Å². The van der Waals surface area contributed by atoms with Crippen LogP contribution >= 0.6 is 11.8 Å². The fraction of sp³-hybridized carbons (Fsp3) is 0.824. The van der Waals surface area contributed by atoms with Gasteiger partial charge < -0.3 is 15.6 Å². The highest BCUT2D eigenvalue weighted by Gasteiger charge is 2.34. The van der Waals surface area contributed by atoms with E-state index in [0.29, 0.717) is 12.5 Å². The number of nitrogens with two attached hydrogens (primary N) is 1. The van der Waals surface area contributed by atoms with Crippen molar-refractivity contribution in [1.29, 1.82) is 0 Å². The van der Waals surface area contributed by atoms with E-state index in [9.17, 15) is 4.79 Å². The Morgan fingerprint density at radius 1 is 1.33 bits per heavy atom. The van der Waals surface area contributed by atoms with Crippen molar-refractivity contribution in [2.75, 3.05) is 12.8 Å². The third-order valence-electron chi connectivity index (χ3n) is 4.58. The maximum atomic E-state index is 12.3. The zero-order chi connectivity index (χ0) is 17.6. The Balaban J connectivity index is 1.82. The number of carbonyl (C=O) groups excluding carboxylic acids is 1. The minimum atomic E-state index is -0.651. The fourth-order valence-electron chi connectivity index (χ4n) is 3.24. The number of nitrogens with zero attached hydrogens (tertiary/aromatic N) is 3. The van der Waals surface area contributed by atoms with Crippen LogP contribution < -0.4 is 11.1 Å². The Bertz CT molecular complexity index is 537. The molecular weight excluding hydrogens is 322 g/mol. The van der Waals surface area contributed by atoms with Crippen molar-refractivity contribution in [3.8, 4) is 0 Å². The SMILES string of the molecule is CSc1nnc(CCCNC(=O)C2(N)CCCCC2)n1CC(C)C. The average Bonchev–Trinajstić information content (AvgIpc) is 2.93. The number of thioether (sulfide) groups is 1. The van der Waals surface area contributed by atoms with E-state index in [1.807, 2.05) is 6.26 Å². The Hall–Kier alpha value is -1.08. The topological polar surface area (TPSA) is 85.8 Å². The van der Waals surface area contributed by atoms with Crippen molar-refractivity contribution in [2.45, 2.75) is 76.0 Å². The van der Waals surface area contributed by atoms with Crippen LogP contribution in [0.1, 0.15) is 58.2 Å². The van der Waals surface area contributed by atoms with Gasteiger partial charge in [0.2, 0.25) is 5.91 Å². The molecule has 1 amide bonds. The van der Waals surface area contributed by atoms with E-state index in [0.717, 1.165) is 56.1 Å². The molecule has 1 fully saturated rings. The second-order valence-electron chi connectivity index (χ2n) is 7.18. The van der Waals surface area contributed by atoms with Gasteiger partial charge in [-0.3, -0.25) is 4.79 Å². The second-order valence-corrected chi connectivity index (χ2v) is 7.96. The minimum absolute atomic E-state index is 0.00986. The van der Waals surface area contributed by atoms with E-state index in [4.69, 9.17) is 5.73 Å². The highest BCUT2D eigenvalue weighted by molar-refractivity contribution is 7.98. The maximum Gasteiger partial charge on any atom is 0.240 e.